The van der Waals surface area contributed by atoms with Crippen molar-refractivity contribution in [3.8, 4) is 5.75 Å². The summed E-state index contributed by atoms with van der Waals surface area (Å²) in [7, 11) is 1.14. The third-order valence-corrected chi connectivity index (χ3v) is 1.86. The van der Waals surface area contributed by atoms with E-state index in [0.717, 1.165) is 7.11 Å². The zero-order valence-corrected chi connectivity index (χ0v) is 8.88. The van der Waals surface area contributed by atoms with Crippen LogP contribution in [0.4, 0.5) is 18.9 Å². The minimum atomic E-state index is -4.46. The molecule has 0 aliphatic rings. The van der Waals surface area contributed by atoms with Crippen LogP contribution in [-0.4, -0.2) is 25.9 Å². The SMILES string of the molecule is COC(=O)c1cccc(OCC(F)(F)F)c1N. The summed E-state index contributed by atoms with van der Waals surface area (Å²) in [6.45, 7) is -1.47. The van der Waals surface area contributed by atoms with Crippen LogP contribution in [0.1, 0.15) is 10.4 Å². The molecule has 94 valence electrons. The Balaban J connectivity index is 2.91. The molecule has 0 bridgehead atoms. The van der Waals surface area contributed by atoms with Gasteiger partial charge in [0.15, 0.2) is 6.61 Å². The average Bonchev–Trinajstić information content (AvgIpc) is 2.25. The predicted molar refractivity (Wildman–Crippen MR) is 53.7 cm³/mol. The number of methoxy groups -OCH3 is 1. The lowest BCUT2D eigenvalue weighted by Gasteiger charge is -2.12. The summed E-state index contributed by atoms with van der Waals surface area (Å²) in [6, 6.07) is 3.93. The molecule has 0 radical (unpaired) electrons. The molecule has 0 fully saturated rings. The van der Waals surface area contributed by atoms with Crippen LogP contribution >= 0.6 is 0 Å². The van der Waals surface area contributed by atoms with Crippen LogP contribution in [-0.2, 0) is 4.74 Å². The molecular formula is C10H10F3NO3. The normalized spacial score (nSPS) is 11.1. The minimum absolute atomic E-state index is 0.0350. The van der Waals surface area contributed by atoms with Crippen molar-refractivity contribution in [2.24, 2.45) is 0 Å². The number of halogens is 3. The number of alkyl halides is 3. The molecule has 1 aromatic rings. The number of nitrogen functional groups attached to an aromatic ring is 1. The molecule has 0 saturated heterocycles. The fourth-order valence-electron chi connectivity index (χ4n) is 1.12. The zero-order chi connectivity index (χ0) is 13.1. The van der Waals surface area contributed by atoms with Crippen molar-refractivity contribution in [2.45, 2.75) is 6.18 Å². The summed E-state index contributed by atoms with van der Waals surface area (Å²) in [5.74, 6) is -0.940. The Morgan fingerprint density at radius 2 is 2.06 bits per heavy atom. The van der Waals surface area contributed by atoms with E-state index in [1.807, 2.05) is 0 Å². The van der Waals surface area contributed by atoms with E-state index in [4.69, 9.17) is 5.73 Å². The van der Waals surface area contributed by atoms with Gasteiger partial charge in [0.25, 0.3) is 0 Å². The van der Waals surface area contributed by atoms with Gasteiger partial charge in [0.1, 0.15) is 5.75 Å². The number of hydrogen-bond acceptors (Lipinski definition) is 4. The fourth-order valence-corrected chi connectivity index (χ4v) is 1.12. The van der Waals surface area contributed by atoms with Gasteiger partial charge in [0.05, 0.1) is 18.4 Å². The number of carbonyl (C=O) groups excluding carboxylic acids is 1. The third kappa shape index (κ3) is 3.54. The Hall–Kier alpha value is -1.92. The van der Waals surface area contributed by atoms with E-state index in [9.17, 15) is 18.0 Å². The van der Waals surface area contributed by atoms with E-state index >= 15 is 0 Å². The Morgan fingerprint density at radius 1 is 1.41 bits per heavy atom. The molecule has 1 rings (SSSR count). The highest BCUT2D eigenvalue weighted by molar-refractivity contribution is 5.96. The molecule has 0 aromatic heterocycles. The van der Waals surface area contributed by atoms with Crippen molar-refractivity contribution in [1.82, 2.24) is 0 Å². The number of ether oxygens (including phenoxy) is 2. The second-order valence-electron chi connectivity index (χ2n) is 3.11. The second kappa shape index (κ2) is 4.94. The van der Waals surface area contributed by atoms with Gasteiger partial charge in [-0.1, -0.05) is 6.07 Å². The smallest absolute Gasteiger partial charge is 0.422 e. The number of nitrogens with two attached hydrogens (primary N) is 1. The molecule has 0 amide bonds. The number of benzene rings is 1. The van der Waals surface area contributed by atoms with Gasteiger partial charge in [-0.15, -0.1) is 0 Å². The number of esters is 1. The van der Waals surface area contributed by atoms with Crippen molar-refractivity contribution < 1.29 is 27.4 Å². The Labute approximate surface area is 95.1 Å². The highest BCUT2D eigenvalue weighted by atomic mass is 19.4. The first-order valence-electron chi connectivity index (χ1n) is 4.51. The zero-order valence-electron chi connectivity index (χ0n) is 8.88. The van der Waals surface area contributed by atoms with Crippen molar-refractivity contribution in [2.75, 3.05) is 19.5 Å². The fraction of sp³-hybridized carbons (Fsp3) is 0.300. The summed E-state index contributed by atoms with van der Waals surface area (Å²) in [5, 5.41) is 0. The molecule has 0 heterocycles. The van der Waals surface area contributed by atoms with E-state index in [-0.39, 0.29) is 17.0 Å². The van der Waals surface area contributed by atoms with Crippen molar-refractivity contribution in [3.63, 3.8) is 0 Å². The van der Waals surface area contributed by atoms with Crippen LogP contribution in [0.25, 0.3) is 0 Å². The Morgan fingerprint density at radius 3 is 2.59 bits per heavy atom. The lowest BCUT2D eigenvalue weighted by atomic mass is 10.1. The van der Waals surface area contributed by atoms with Crippen LogP contribution in [0.5, 0.6) is 5.75 Å². The monoisotopic (exact) mass is 249 g/mol. The summed E-state index contributed by atoms with van der Waals surface area (Å²) < 4.78 is 44.7. The molecule has 0 saturated carbocycles. The van der Waals surface area contributed by atoms with E-state index in [1.54, 1.807) is 0 Å². The first-order valence-corrected chi connectivity index (χ1v) is 4.51. The third-order valence-electron chi connectivity index (χ3n) is 1.86. The van der Waals surface area contributed by atoms with Gasteiger partial charge in [0.2, 0.25) is 0 Å². The molecule has 0 aliphatic heterocycles. The van der Waals surface area contributed by atoms with Crippen LogP contribution < -0.4 is 10.5 Å². The maximum Gasteiger partial charge on any atom is 0.422 e. The van der Waals surface area contributed by atoms with Gasteiger partial charge in [-0.05, 0) is 12.1 Å². The van der Waals surface area contributed by atoms with Crippen molar-refractivity contribution in [1.29, 1.82) is 0 Å². The number of carbonyl (C=O) groups is 1. The van der Waals surface area contributed by atoms with Gasteiger partial charge in [-0.2, -0.15) is 13.2 Å². The molecule has 0 atom stereocenters. The van der Waals surface area contributed by atoms with E-state index in [0.29, 0.717) is 0 Å². The highest BCUT2D eigenvalue weighted by Gasteiger charge is 2.29. The average molecular weight is 249 g/mol. The van der Waals surface area contributed by atoms with Gasteiger partial charge < -0.3 is 15.2 Å². The number of hydrogen-bond donors (Lipinski definition) is 1. The number of anilines is 1. The molecule has 2 N–H and O–H groups in total. The minimum Gasteiger partial charge on any atom is -0.482 e. The van der Waals surface area contributed by atoms with Crippen LogP contribution in [0.15, 0.2) is 18.2 Å². The predicted octanol–water partition coefficient (Wildman–Crippen LogP) is 2.00. The summed E-state index contributed by atoms with van der Waals surface area (Å²) in [6.07, 6.45) is -4.46. The lowest BCUT2D eigenvalue weighted by molar-refractivity contribution is -0.153. The van der Waals surface area contributed by atoms with Crippen molar-refractivity contribution in [3.05, 3.63) is 23.8 Å². The largest absolute Gasteiger partial charge is 0.482 e. The summed E-state index contributed by atoms with van der Waals surface area (Å²) >= 11 is 0. The van der Waals surface area contributed by atoms with Gasteiger partial charge in [0, 0.05) is 0 Å². The maximum atomic E-state index is 11.9. The second-order valence-corrected chi connectivity index (χ2v) is 3.11. The first kappa shape index (κ1) is 13.1. The van der Waals surface area contributed by atoms with Crippen molar-refractivity contribution >= 4 is 11.7 Å². The molecule has 1 aromatic carbocycles. The number of rotatable bonds is 3. The quantitative estimate of drug-likeness (QED) is 0.657. The molecule has 17 heavy (non-hydrogen) atoms. The topological polar surface area (TPSA) is 61.5 Å². The summed E-state index contributed by atoms with van der Waals surface area (Å²) in [4.78, 5) is 11.2. The molecule has 7 heteroatoms. The Bertz CT molecular complexity index is 418. The highest BCUT2D eigenvalue weighted by Crippen LogP contribution is 2.27. The maximum absolute atomic E-state index is 11.9. The van der Waals surface area contributed by atoms with Crippen LogP contribution in [0, 0.1) is 0 Å². The van der Waals surface area contributed by atoms with Gasteiger partial charge in [-0.25, -0.2) is 4.79 Å². The van der Waals surface area contributed by atoms with Gasteiger partial charge >= 0.3 is 12.1 Å². The molecule has 4 nitrogen and oxygen atoms in total. The van der Waals surface area contributed by atoms with Crippen LogP contribution in [0.3, 0.4) is 0 Å². The van der Waals surface area contributed by atoms with E-state index in [1.165, 1.54) is 18.2 Å². The van der Waals surface area contributed by atoms with E-state index in [2.05, 4.69) is 9.47 Å². The first-order chi connectivity index (χ1) is 7.85. The molecule has 0 aliphatic carbocycles. The Kier molecular flexibility index (Phi) is 3.82. The molecule has 0 spiro atoms. The van der Waals surface area contributed by atoms with E-state index < -0.39 is 18.8 Å². The van der Waals surface area contributed by atoms with Crippen LogP contribution in [0.2, 0.25) is 0 Å². The molecule has 0 unspecified atom stereocenters. The molecular weight excluding hydrogens is 239 g/mol. The standard InChI is InChI=1S/C10H10F3NO3/c1-16-9(15)6-3-2-4-7(8(6)14)17-5-10(11,12)13/h2-4H,5,14H2,1H3. The number of para-hydroxylation sites is 1. The lowest BCUT2D eigenvalue weighted by Crippen LogP contribution is -2.20. The van der Waals surface area contributed by atoms with Gasteiger partial charge in [-0.3, -0.25) is 0 Å². The summed E-state index contributed by atoms with van der Waals surface area (Å²) in [5.41, 5.74) is 5.28.